The van der Waals surface area contributed by atoms with Crippen LogP contribution in [0.2, 0.25) is 10.0 Å². The highest BCUT2D eigenvalue weighted by atomic mass is 35.5. The lowest BCUT2D eigenvalue weighted by atomic mass is 10.1. The molecule has 23 heavy (non-hydrogen) atoms. The molecule has 122 valence electrons. The van der Waals surface area contributed by atoms with Gasteiger partial charge in [0.25, 0.3) is 0 Å². The number of carbonyl (C=O) groups is 2. The molecule has 5 nitrogen and oxygen atoms in total. The number of benzene rings is 1. The zero-order valence-corrected chi connectivity index (χ0v) is 14.2. The van der Waals surface area contributed by atoms with Gasteiger partial charge < -0.3 is 19.6 Å². The predicted molar refractivity (Wildman–Crippen MR) is 87.5 cm³/mol. The van der Waals surface area contributed by atoms with Gasteiger partial charge in [-0.05, 0) is 39.0 Å². The van der Waals surface area contributed by atoms with Crippen molar-refractivity contribution in [2.45, 2.75) is 26.4 Å². The van der Waals surface area contributed by atoms with Crippen molar-refractivity contribution < 1.29 is 19.4 Å². The standard InChI is InChI=1S/C16H15Cl2NO4/c1-16(2,3)23-12(20)5-4-9-13-10(18)6-8(17)7-11(13)19-14(9)15(21)22/h4-7,19H,1-3H3,(H,21,22)/p-1/b5-4+. The number of hydrogen-bond acceptors (Lipinski definition) is 4. The van der Waals surface area contributed by atoms with E-state index in [1.807, 2.05) is 0 Å². The van der Waals surface area contributed by atoms with Gasteiger partial charge in [-0.1, -0.05) is 23.2 Å². The number of aromatic amines is 1. The Labute approximate surface area is 142 Å². The van der Waals surface area contributed by atoms with E-state index < -0.39 is 17.5 Å². The van der Waals surface area contributed by atoms with Crippen LogP contribution < -0.4 is 5.11 Å². The molecule has 0 fully saturated rings. The van der Waals surface area contributed by atoms with Crippen LogP contribution in [0.25, 0.3) is 17.0 Å². The molecule has 0 radical (unpaired) electrons. The highest BCUT2D eigenvalue weighted by Gasteiger charge is 2.16. The number of H-pyrrole nitrogens is 1. The van der Waals surface area contributed by atoms with Crippen LogP contribution in [-0.4, -0.2) is 22.5 Å². The lowest BCUT2D eigenvalue weighted by molar-refractivity contribution is -0.255. The van der Waals surface area contributed by atoms with Crippen molar-refractivity contribution in [1.29, 1.82) is 0 Å². The first kappa shape index (κ1) is 17.4. The second-order valence-electron chi connectivity index (χ2n) is 5.88. The van der Waals surface area contributed by atoms with Crippen molar-refractivity contribution >= 4 is 52.1 Å². The third-order valence-corrected chi connectivity index (χ3v) is 3.37. The van der Waals surface area contributed by atoms with Gasteiger partial charge in [0, 0.05) is 27.6 Å². The molecule has 0 aliphatic carbocycles. The Hall–Kier alpha value is -1.98. The molecule has 0 saturated carbocycles. The zero-order chi connectivity index (χ0) is 17.4. The molecule has 1 aromatic carbocycles. The summed E-state index contributed by atoms with van der Waals surface area (Å²) in [6.07, 6.45) is 2.48. The van der Waals surface area contributed by atoms with Gasteiger partial charge in [-0.25, -0.2) is 4.79 Å². The lowest BCUT2D eigenvalue weighted by Crippen LogP contribution is -2.23. The van der Waals surface area contributed by atoms with Crippen LogP contribution in [0.4, 0.5) is 0 Å². The number of hydrogen-bond donors (Lipinski definition) is 1. The average Bonchev–Trinajstić information content (AvgIpc) is 2.73. The van der Waals surface area contributed by atoms with E-state index >= 15 is 0 Å². The van der Waals surface area contributed by atoms with E-state index in [2.05, 4.69) is 4.98 Å². The fraction of sp³-hybridized carbons (Fsp3) is 0.250. The van der Waals surface area contributed by atoms with Gasteiger partial charge in [-0.3, -0.25) is 0 Å². The number of rotatable bonds is 3. The number of carboxylic acid groups (broad SMARTS) is 1. The molecule has 0 aliphatic heterocycles. The number of esters is 1. The summed E-state index contributed by atoms with van der Waals surface area (Å²) >= 11 is 12.0. The Bertz CT molecular complexity index is 816. The van der Waals surface area contributed by atoms with Crippen LogP contribution >= 0.6 is 23.2 Å². The van der Waals surface area contributed by atoms with Crippen molar-refractivity contribution in [2.24, 2.45) is 0 Å². The highest BCUT2D eigenvalue weighted by Crippen LogP contribution is 2.33. The first-order valence-corrected chi connectivity index (χ1v) is 7.47. The maximum absolute atomic E-state index is 11.8. The van der Waals surface area contributed by atoms with E-state index in [9.17, 15) is 14.7 Å². The topological polar surface area (TPSA) is 82.2 Å². The van der Waals surface area contributed by atoms with Crippen LogP contribution in [0.5, 0.6) is 0 Å². The Morgan fingerprint density at radius 1 is 1.26 bits per heavy atom. The molecule has 7 heteroatoms. The number of ether oxygens (including phenoxy) is 1. The van der Waals surface area contributed by atoms with Crippen LogP contribution in [0.15, 0.2) is 18.2 Å². The van der Waals surface area contributed by atoms with Crippen molar-refractivity contribution in [1.82, 2.24) is 4.98 Å². The summed E-state index contributed by atoms with van der Waals surface area (Å²) in [5.41, 5.74) is -0.175. The summed E-state index contributed by atoms with van der Waals surface area (Å²) in [6.45, 7) is 5.20. The summed E-state index contributed by atoms with van der Waals surface area (Å²) in [5, 5.41) is 12.4. The molecule has 2 rings (SSSR count). The van der Waals surface area contributed by atoms with E-state index in [1.54, 1.807) is 26.8 Å². The number of carboxylic acids is 1. The lowest BCUT2D eigenvalue weighted by Gasteiger charge is -2.17. The Morgan fingerprint density at radius 2 is 1.91 bits per heavy atom. The predicted octanol–water partition coefficient (Wildman–Crippen LogP) is 3.19. The van der Waals surface area contributed by atoms with Crippen LogP contribution in [-0.2, 0) is 9.53 Å². The molecule has 1 N–H and O–H groups in total. The number of fused-ring (bicyclic) bond motifs is 1. The first-order valence-electron chi connectivity index (χ1n) is 6.71. The molecular formula is C16H14Cl2NO4-. The number of aromatic nitrogens is 1. The highest BCUT2D eigenvalue weighted by molar-refractivity contribution is 6.39. The third-order valence-electron chi connectivity index (χ3n) is 2.85. The molecule has 0 amide bonds. The normalized spacial score (nSPS) is 12.0. The Balaban J connectivity index is 2.52. The smallest absolute Gasteiger partial charge is 0.331 e. The third kappa shape index (κ3) is 4.06. The van der Waals surface area contributed by atoms with Gasteiger partial charge >= 0.3 is 5.97 Å². The maximum atomic E-state index is 11.8. The van der Waals surface area contributed by atoms with Crippen molar-refractivity contribution in [3.05, 3.63) is 39.5 Å². The SMILES string of the molecule is CC(C)(C)OC(=O)/C=C/c1c(C(=O)[O-])[nH]c2cc(Cl)cc(Cl)c12. The van der Waals surface area contributed by atoms with E-state index in [0.717, 1.165) is 6.08 Å². The van der Waals surface area contributed by atoms with Gasteiger partial charge in [0.2, 0.25) is 0 Å². The summed E-state index contributed by atoms with van der Waals surface area (Å²) in [5.74, 6) is -2.02. The van der Waals surface area contributed by atoms with Crippen LogP contribution in [0.3, 0.4) is 0 Å². The molecule has 0 aliphatic rings. The van der Waals surface area contributed by atoms with Crippen molar-refractivity contribution in [2.75, 3.05) is 0 Å². The summed E-state index contributed by atoms with van der Waals surface area (Å²) in [4.78, 5) is 25.7. The summed E-state index contributed by atoms with van der Waals surface area (Å²) < 4.78 is 5.14. The molecule has 0 spiro atoms. The average molecular weight is 355 g/mol. The van der Waals surface area contributed by atoms with E-state index in [-0.39, 0.29) is 16.3 Å². The van der Waals surface area contributed by atoms with Crippen LogP contribution in [0, 0.1) is 0 Å². The van der Waals surface area contributed by atoms with Gasteiger partial charge in [-0.15, -0.1) is 0 Å². The number of aromatic carboxylic acids is 1. The molecule has 0 atom stereocenters. The summed E-state index contributed by atoms with van der Waals surface area (Å²) in [6, 6.07) is 3.03. The van der Waals surface area contributed by atoms with Gasteiger partial charge in [0.15, 0.2) is 0 Å². The van der Waals surface area contributed by atoms with Gasteiger partial charge in [0.05, 0.1) is 16.7 Å². The van der Waals surface area contributed by atoms with E-state index in [1.165, 1.54) is 12.1 Å². The molecule has 1 heterocycles. The minimum absolute atomic E-state index is 0.191. The number of halogens is 2. The minimum atomic E-state index is -1.42. The number of nitrogens with one attached hydrogen (secondary N) is 1. The first-order chi connectivity index (χ1) is 10.6. The zero-order valence-electron chi connectivity index (χ0n) is 12.7. The van der Waals surface area contributed by atoms with Crippen molar-refractivity contribution in [3.63, 3.8) is 0 Å². The Kier molecular flexibility index (Phi) is 4.73. The summed E-state index contributed by atoms with van der Waals surface area (Å²) in [7, 11) is 0. The quantitative estimate of drug-likeness (QED) is 0.677. The Morgan fingerprint density at radius 3 is 2.48 bits per heavy atom. The van der Waals surface area contributed by atoms with Crippen LogP contribution in [0.1, 0.15) is 36.8 Å². The number of carbonyl (C=O) groups excluding carboxylic acids is 2. The minimum Gasteiger partial charge on any atom is -0.543 e. The molecular weight excluding hydrogens is 341 g/mol. The second kappa shape index (κ2) is 6.26. The fourth-order valence-electron chi connectivity index (χ4n) is 2.09. The molecule has 1 aromatic heterocycles. The second-order valence-corrected chi connectivity index (χ2v) is 6.72. The van der Waals surface area contributed by atoms with E-state index in [0.29, 0.717) is 15.9 Å². The van der Waals surface area contributed by atoms with Gasteiger partial charge in [-0.2, -0.15) is 0 Å². The van der Waals surface area contributed by atoms with E-state index in [4.69, 9.17) is 27.9 Å². The molecule has 2 aromatic rings. The monoisotopic (exact) mass is 354 g/mol. The fourth-order valence-corrected chi connectivity index (χ4v) is 2.68. The molecule has 0 saturated heterocycles. The van der Waals surface area contributed by atoms with Crippen molar-refractivity contribution in [3.8, 4) is 0 Å². The van der Waals surface area contributed by atoms with Gasteiger partial charge in [0.1, 0.15) is 5.60 Å². The molecule has 0 unspecified atom stereocenters. The maximum Gasteiger partial charge on any atom is 0.331 e. The largest absolute Gasteiger partial charge is 0.543 e. The molecule has 0 bridgehead atoms.